The van der Waals surface area contributed by atoms with E-state index in [-0.39, 0.29) is 30.2 Å². The Bertz CT molecular complexity index is 388. The molecule has 2 saturated carbocycles. The SMILES string of the molecule is CCOC(=O)CC(C(=O)OCC)(C1CCCCC1)C1CCCCC1. The predicted octanol–water partition coefficient (Wildman–Crippen LogP) is 4.65. The zero-order valence-corrected chi connectivity index (χ0v) is 15.5. The van der Waals surface area contributed by atoms with Gasteiger partial charge in [-0.2, -0.15) is 0 Å². The van der Waals surface area contributed by atoms with Crippen LogP contribution < -0.4 is 0 Å². The highest BCUT2D eigenvalue weighted by atomic mass is 16.5. The molecule has 0 amide bonds. The van der Waals surface area contributed by atoms with Crippen LogP contribution >= 0.6 is 0 Å². The van der Waals surface area contributed by atoms with Crippen molar-refractivity contribution < 1.29 is 19.1 Å². The van der Waals surface area contributed by atoms with Crippen LogP contribution in [0, 0.1) is 17.3 Å². The molecule has 0 aliphatic heterocycles. The molecule has 138 valence electrons. The molecule has 2 aliphatic carbocycles. The maximum Gasteiger partial charge on any atom is 0.313 e. The molecule has 0 aromatic heterocycles. The Morgan fingerprint density at radius 1 is 0.792 bits per heavy atom. The Hall–Kier alpha value is -1.06. The quantitative estimate of drug-likeness (QED) is 0.634. The molecule has 0 aromatic rings. The zero-order valence-electron chi connectivity index (χ0n) is 15.5. The normalized spacial score (nSPS) is 20.6. The minimum atomic E-state index is -0.664. The van der Waals surface area contributed by atoms with Crippen LogP contribution in [0.5, 0.6) is 0 Å². The Labute approximate surface area is 146 Å². The van der Waals surface area contributed by atoms with E-state index >= 15 is 0 Å². The van der Waals surface area contributed by atoms with Gasteiger partial charge in [0.2, 0.25) is 0 Å². The minimum absolute atomic E-state index is 0.142. The van der Waals surface area contributed by atoms with Gasteiger partial charge in [-0.25, -0.2) is 0 Å². The largest absolute Gasteiger partial charge is 0.466 e. The third kappa shape index (κ3) is 4.31. The number of hydrogen-bond acceptors (Lipinski definition) is 4. The predicted molar refractivity (Wildman–Crippen MR) is 93.5 cm³/mol. The Kier molecular flexibility index (Phi) is 7.57. The van der Waals surface area contributed by atoms with Crippen molar-refractivity contribution in [3.63, 3.8) is 0 Å². The fourth-order valence-electron chi connectivity index (χ4n) is 4.98. The zero-order chi connectivity index (χ0) is 17.4. The molecule has 0 N–H and O–H groups in total. The molecular formula is C20H34O4. The van der Waals surface area contributed by atoms with Crippen molar-refractivity contribution in [2.45, 2.75) is 84.5 Å². The molecule has 0 atom stereocenters. The summed E-state index contributed by atoms with van der Waals surface area (Å²) in [5.41, 5.74) is -0.664. The van der Waals surface area contributed by atoms with Crippen LogP contribution in [0.15, 0.2) is 0 Å². The first kappa shape index (κ1) is 19.3. The van der Waals surface area contributed by atoms with Gasteiger partial charge in [-0.05, 0) is 51.4 Å². The molecule has 0 heterocycles. The molecule has 24 heavy (non-hydrogen) atoms. The number of ether oxygens (including phenoxy) is 2. The van der Waals surface area contributed by atoms with Crippen LogP contribution in [0.25, 0.3) is 0 Å². The summed E-state index contributed by atoms with van der Waals surface area (Å²) in [6.45, 7) is 4.43. The Balaban J connectivity index is 2.35. The van der Waals surface area contributed by atoms with Crippen molar-refractivity contribution in [2.24, 2.45) is 17.3 Å². The number of hydrogen-bond donors (Lipinski definition) is 0. The van der Waals surface area contributed by atoms with Crippen LogP contribution in [-0.2, 0) is 19.1 Å². The van der Waals surface area contributed by atoms with Crippen LogP contribution in [0.4, 0.5) is 0 Å². The third-order valence-corrected chi connectivity index (χ3v) is 6.06. The van der Waals surface area contributed by atoms with Gasteiger partial charge in [-0.3, -0.25) is 9.59 Å². The van der Waals surface area contributed by atoms with Gasteiger partial charge in [0.05, 0.1) is 25.0 Å². The lowest BCUT2D eigenvalue weighted by molar-refractivity contribution is -0.174. The summed E-state index contributed by atoms with van der Waals surface area (Å²) < 4.78 is 10.8. The average Bonchev–Trinajstić information content (AvgIpc) is 2.61. The fourth-order valence-corrected chi connectivity index (χ4v) is 4.98. The molecule has 0 unspecified atom stereocenters. The molecule has 4 nitrogen and oxygen atoms in total. The van der Waals surface area contributed by atoms with Crippen molar-refractivity contribution in [1.29, 1.82) is 0 Å². The molecule has 4 heteroatoms. The Morgan fingerprint density at radius 2 is 1.25 bits per heavy atom. The summed E-state index contributed by atoms with van der Waals surface area (Å²) in [5.74, 6) is 0.147. The molecule has 2 rings (SSSR count). The molecule has 0 spiro atoms. The number of carbonyl (C=O) groups excluding carboxylic acids is 2. The fraction of sp³-hybridized carbons (Fsp3) is 0.900. The van der Waals surface area contributed by atoms with Gasteiger partial charge >= 0.3 is 11.9 Å². The van der Waals surface area contributed by atoms with Crippen molar-refractivity contribution in [2.75, 3.05) is 13.2 Å². The van der Waals surface area contributed by atoms with Crippen molar-refractivity contribution in [3.05, 3.63) is 0 Å². The number of carbonyl (C=O) groups is 2. The van der Waals surface area contributed by atoms with Crippen LogP contribution in [-0.4, -0.2) is 25.2 Å². The smallest absolute Gasteiger partial charge is 0.313 e. The van der Waals surface area contributed by atoms with E-state index in [0.29, 0.717) is 13.2 Å². The van der Waals surface area contributed by atoms with E-state index in [1.807, 2.05) is 13.8 Å². The average molecular weight is 338 g/mol. The third-order valence-electron chi connectivity index (χ3n) is 6.06. The lowest BCUT2D eigenvalue weighted by Crippen LogP contribution is -2.49. The summed E-state index contributed by atoms with van der Waals surface area (Å²) in [6, 6.07) is 0. The highest BCUT2D eigenvalue weighted by Crippen LogP contribution is 2.52. The minimum Gasteiger partial charge on any atom is -0.466 e. The maximum absolute atomic E-state index is 13.2. The van der Waals surface area contributed by atoms with Crippen LogP contribution in [0.2, 0.25) is 0 Å². The van der Waals surface area contributed by atoms with Crippen LogP contribution in [0.1, 0.15) is 84.5 Å². The van der Waals surface area contributed by atoms with Gasteiger partial charge in [0, 0.05) is 0 Å². The van der Waals surface area contributed by atoms with Gasteiger partial charge in [0.25, 0.3) is 0 Å². The topological polar surface area (TPSA) is 52.6 Å². The van der Waals surface area contributed by atoms with E-state index in [9.17, 15) is 9.59 Å². The molecular weight excluding hydrogens is 304 g/mol. The van der Waals surface area contributed by atoms with Gasteiger partial charge in [0.15, 0.2) is 0 Å². The second-order valence-electron chi connectivity index (χ2n) is 7.41. The van der Waals surface area contributed by atoms with E-state index in [1.54, 1.807) is 0 Å². The van der Waals surface area contributed by atoms with Gasteiger partial charge in [-0.15, -0.1) is 0 Å². The lowest BCUT2D eigenvalue weighted by Gasteiger charge is -2.46. The molecule has 0 bridgehead atoms. The number of esters is 2. The second kappa shape index (κ2) is 9.43. The molecule has 0 saturated heterocycles. The first-order valence-corrected chi connectivity index (χ1v) is 9.98. The van der Waals surface area contributed by atoms with Gasteiger partial charge < -0.3 is 9.47 Å². The van der Waals surface area contributed by atoms with E-state index in [0.717, 1.165) is 51.4 Å². The highest BCUT2D eigenvalue weighted by Gasteiger charge is 2.53. The van der Waals surface area contributed by atoms with Crippen molar-refractivity contribution in [3.8, 4) is 0 Å². The molecule has 0 aromatic carbocycles. The summed E-state index contributed by atoms with van der Waals surface area (Å²) >= 11 is 0. The van der Waals surface area contributed by atoms with Gasteiger partial charge in [-0.1, -0.05) is 38.5 Å². The standard InChI is InChI=1S/C20H34O4/c1-3-23-18(21)15-20(19(22)24-4-2,16-11-7-5-8-12-16)17-13-9-6-10-14-17/h16-17H,3-15H2,1-2H3. The van der Waals surface area contributed by atoms with Crippen molar-refractivity contribution >= 4 is 11.9 Å². The molecule has 2 fully saturated rings. The van der Waals surface area contributed by atoms with Crippen molar-refractivity contribution in [1.82, 2.24) is 0 Å². The van der Waals surface area contributed by atoms with E-state index < -0.39 is 5.41 Å². The lowest BCUT2D eigenvalue weighted by atomic mass is 9.57. The van der Waals surface area contributed by atoms with E-state index in [1.165, 1.54) is 12.8 Å². The van der Waals surface area contributed by atoms with Gasteiger partial charge in [0.1, 0.15) is 0 Å². The summed E-state index contributed by atoms with van der Waals surface area (Å²) in [6.07, 6.45) is 11.4. The second-order valence-corrected chi connectivity index (χ2v) is 7.41. The van der Waals surface area contributed by atoms with Crippen LogP contribution in [0.3, 0.4) is 0 Å². The maximum atomic E-state index is 13.2. The summed E-state index contributed by atoms with van der Waals surface area (Å²) in [4.78, 5) is 25.6. The number of rotatable bonds is 7. The van der Waals surface area contributed by atoms with E-state index in [4.69, 9.17) is 9.47 Å². The van der Waals surface area contributed by atoms with E-state index in [2.05, 4.69) is 0 Å². The summed E-state index contributed by atoms with van der Waals surface area (Å²) in [5, 5.41) is 0. The first-order valence-electron chi connectivity index (χ1n) is 9.98. The monoisotopic (exact) mass is 338 g/mol. The Morgan fingerprint density at radius 3 is 1.67 bits per heavy atom. The highest BCUT2D eigenvalue weighted by molar-refractivity contribution is 5.84. The first-order chi connectivity index (χ1) is 11.6. The summed E-state index contributed by atoms with van der Waals surface area (Å²) in [7, 11) is 0. The molecule has 2 aliphatic rings. The molecule has 0 radical (unpaired) electrons.